The quantitative estimate of drug-likeness (QED) is 0.657. The maximum atomic E-state index is 12.0. The molecule has 110 valence electrons. The summed E-state index contributed by atoms with van der Waals surface area (Å²) in [5.41, 5.74) is -0.361. The lowest BCUT2D eigenvalue weighted by Gasteiger charge is -2.27. The highest BCUT2D eigenvalue weighted by Gasteiger charge is 2.38. The second-order valence-electron chi connectivity index (χ2n) is 6.01. The number of aliphatic hydroxyl groups excluding tert-OH is 1. The molecule has 1 aliphatic rings. The lowest BCUT2D eigenvalue weighted by atomic mass is 9.79. The van der Waals surface area contributed by atoms with E-state index in [9.17, 15) is 14.7 Å². The van der Waals surface area contributed by atoms with Crippen LogP contribution < -0.4 is 5.32 Å². The molecule has 0 aromatic rings. The number of hydrogen-bond acceptors (Lipinski definition) is 3. The monoisotopic (exact) mass is 271 g/mol. The largest absolute Gasteiger partial charge is 0.481 e. The van der Waals surface area contributed by atoms with Gasteiger partial charge in [-0.15, -0.1) is 0 Å². The zero-order chi connectivity index (χ0) is 14.5. The third-order valence-electron chi connectivity index (χ3n) is 3.83. The number of hydrogen-bond donors (Lipinski definition) is 3. The number of amides is 1. The molecule has 5 heteroatoms. The Morgan fingerprint density at radius 3 is 2.26 bits per heavy atom. The lowest BCUT2D eigenvalue weighted by molar-refractivity contribution is -0.140. The maximum absolute atomic E-state index is 12.0. The van der Waals surface area contributed by atoms with Gasteiger partial charge in [0, 0.05) is 12.5 Å². The molecule has 0 saturated heterocycles. The Morgan fingerprint density at radius 2 is 1.79 bits per heavy atom. The molecule has 5 nitrogen and oxygen atoms in total. The molecule has 0 radical (unpaired) electrons. The van der Waals surface area contributed by atoms with Gasteiger partial charge in [0.25, 0.3) is 0 Å². The maximum Gasteiger partial charge on any atom is 0.303 e. The minimum Gasteiger partial charge on any atom is -0.481 e. The van der Waals surface area contributed by atoms with Gasteiger partial charge in [0.1, 0.15) is 0 Å². The normalized spacial score (nSPS) is 20.8. The van der Waals surface area contributed by atoms with Crippen LogP contribution in [-0.4, -0.2) is 34.2 Å². The van der Waals surface area contributed by atoms with E-state index in [0.717, 1.165) is 25.7 Å². The van der Waals surface area contributed by atoms with Crippen molar-refractivity contribution in [2.75, 3.05) is 0 Å². The standard InChI is InChI=1S/C14H25NO4/c1-10(7-11(2)16)15-12(17)8-14(9-13(18)19)5-3-4-6-14/h10-11,16H,3-9H2,1-2H3,(H,15,17)(H,18,19). The van der Waals surface area contributed by atoms with Crippen LogP contribution in [0.15, 0.2) is 0 Å². The van der Waals surface area contributed by atoms with Crippen LogP contribution in [-0.2, 0) is 9.59 Å². The van der Waals surface area contributed by atoms with Crippen molar-refractivity contribution >= 4 is 11.9 Å². The van der Waals surface area contributed by atoms with Gasteiger partial charge in [-0.1, -0.05) is 12.8 Å². The molecule has 0 heterocycles. The summed E-state index contributed by atoms with van der Waals surface area (Å²) in [4.78, 5) is 22.9. The fraction of sp³-hybridized carbons (Fsp3) is 0.857. The van der Waals surface area contributed by atoms with Crippen LogP contribution >= 0.6 is 0 Å². The Hall–Kier alpha value is -1.10. The fourth-order valence-corrected chi connectivity index (χ4v) is 3.10. The summed E-state index contributed by atoms with van der Waals surface area (Å²) in [5, 5.41) is 21.1. The molecule has 1 aliphatic carbocycles. The van der Waals surface area contributed by atoms with Crippen molar-refractivity contribution in [1.29, 1.82) is 0 Å². The van der Waals surface area contributed by atoms with Gasteiger partial charge in [-0.25, -0.2) is 0 Å². The summed E-state index contributed by atoms with van der Waals surface area (Å²) in [6.07, 6.45) is 4.06. The molecule has 0 aromatic heterocycles. The van der Waals surface area contributed by atoms with E-state index < -0.39 is 12.1 Å². The van der Waals surface area contributed by atoms with Crippen LogP contribution in [0.1, 0.15) is 58.8 Å². The van der Waals surface area contributed by atoms with Gasteiger partial charge in [-0.05, 0) is 38.5 Å². The number of aliphatic hydroxyl groups is 1. The molecule has 2 unspecified atom stereocenters. The summed E-state index contributed by atoms with van der Waals surface area (Å²) in [6.45, 7) is 3.54. The van der Waals surface area contributed by atoms with Gasteiger partial charge < -0.3 is 15.5 Å². The predicted octanol–water partition coefficient (Wildman–Crippen LogP) is 1.69. The number of carbonyl (C=O) groups is 2. The highest BCUT2D eigenvalue weighted by atomic mass is 16.4. The third-order valence-corrected chi connectivity index (χ3v) is 3.83. The lowest BCUT2D eigenvalue weighted by Crippen LogP contribution is -2.38. The Balaban J connectivity index is 2.50. The summed E-state index contributed by atoms with van der Waals surface area (Å²) >= 11 is 0. The Labute approximate surface area is 114 Å². The topological polar surface area (TPSA) is 86.6 Å². The van der Waals surface area contributed by atoms with Crippen LogP contribution in [0.25, 0.3) is 0 Å². The smallest absolute Gasteiger partial charge is 0.303 e. The van der Waals surface area contributed by atoms with Crippen LogP contribution in [0.5, 0.6) is 0 Å². The Bertz CT molecular complexity index is 321. The number of carboxylic acid groups (broad SMARTS) is 1. The first kappa shape index (κ1) is 16.0. The molecule has 0 spiro atoms. The highest BCUT2D eigenvalue weighted by Crippen LogP contribution is 2.44. The second-order valence-corrected chi connectivity index (χ2v) is 6.01. The SMILES string of the molecule is CC(O)CC(C)NC(=O)CC1(CC(=O)O)CCCC1. The highest BCUT2D eigenvalue weighted by molar-refractivity contribution is 5.78. The molecule has 0 bridgehead atoms. The molecule has 2 atom stereocenters. The minimum absolute atomic E-state index is 0.0746. The molecule has 1 rings (SSSR count). The Morgan fingerprint density at radius 1 is 1.21 bits per heavy atom. The average Bonchev–Trinajstić information content (AvgIpc) is 2.62. The number of aliphatic carboxylic acids is 1. The molecule has 1 saturated carbocycles. The molecule has 1 amide bonds. The van der Waals surface area contributed by atoms with E-state index in [2.05, 4.69) is 5.32 Å². The molecule has 19 heavy (non-hydrogen) atoms. The van der Waals surface area contributed by atoms with Crippen molar-refractivity contribution in [3.05, 3.63) is 0 Å². The number of carboxylic acids is 1. The van der Waals surface area contributed by atoms with Gasteiger partial charge >= 0.3 is 5.97 Å². The molecular formula is C14H25NO4. The number of nitrogens with one attached hydrogen (secondary N) is 1. The summed E-state index contributed by atoms with van der Waals surface area (Å²) < 4.78 is 0. The van der Waals surface area contributed by atoms with Gasteiger partial charge in [-0.3, -0.25) is 9.59 Å². The van der Waals surface area contributed by atoms with E-state index >= 15 is 0 Å². The van der Waals surface area contributed by atoms with E-state index in [4.69, 9.17) is 5.11 Å². The zero-order valence-corrected chi connectivity index (χ0v) is 11.8. The van der Waals surface area contributed by atoms with Crippen LogP contribution in [0.4, 0.5) is 0 Å². The van der Waals surface area contributed by atoms with Crippen LogP contribution in [0, 0.1) is 5.41 Å². The molecule has 3 N–H and O–H groups in total. The predicted molar refractivity (Wildman–Crippen MR) is 71.7 cm³/mol. The van der Waals surface area contributed by atoms with E-state index in [0.29, 0.717) is 6.42 Å². The van der Waals surface area contributed by atoms with Gasteiger partial charge in [0.05, 0.1) is 12.5 Å². The molecule has 0 aliphatic heterocycles. The van der Waals surface area contributed by atoms with Crippen molar-refractivity contribution in [3.63, 3.8) is 0 Å². The van der Waals surface area contributed by atoms with E-state index in [1.165, 1.54) is 0 Å². The van der Waals surface area contributed by atoms with Gasteiger partial charge in [-0.2, -0.15) is 0 Å². The average molecular weight is 271 g/mol. The minimum atomic E-state index is -0.827. The van der Waals surface area contributed by atoms with E-state index in [1.807, 2.05) is 6.92 Å². The molecule has 0 aromatic carbocycles. The van der Waals surface area contributed by atoms with Crippen molar-refractivity contribution < 1.29 is 19.8 Å². The van der Waals surface area contributed by atoms with Crippen molar-refractivity contribution in [3.8, 4) is 0 Å². The van der Waals surface area contributed by atoms with Gasteiger partial charge in [0.2, 0.25) is 5.91 Å². The van der Waals surface area contributed by atoms with Gasteiger partial charge in [0.15, 0.2) is 0 Å². The van der Waals surface area contributed by atoms with Crippen LogP contribution in [0.2, 0.25) is 0 Å². The summed E-state index contributed by atoms with van der Waals surface area (Å²) in [5.74, 6) is -0.928. The number of rotatable bonds is 7. The fourth-order valence-electron chi connectivity index (χ4n) is 3.10. The summed E-state index contributed by atoms with van der Waals surface area (Å²) in [7, 11) is 0. The first-order valence-corrected chi connectivity index (χ1v) is 7.02. The van der Waals surface area contributed by atoms with Crippen LogP contribution in [0.3, 0.4) is 0 Å². The second kappa shape index (κ2) is 6.89. The zero-order valence-electron chi connectivity index (χ0n) is 11.8. The van der Waals surface area contributed by atoms with E-state index in [-0.39, 0.29) is 30.2 Å². The van der Waals surface area contributed by atoms with E-state index in [1.54, 1.807) is 6.92 Å². The summed E-state index contributed by atoms with van der Waals surface area (Å²) in [6, 6.07) is -0.0872. The third kappa shape index (κ3) is 5.59. The first-order chi connectivity index (χ1) is 8.83. The van der Waals surface area contributed by atoms with Crippen molar-refractivity contribution in [2.24, 2.45) is 5.41 Å². The van der Waals surface area contributed by atoms with Crippen molar-refractivity contribution in [2.45, 2.75) is 70.9 Å². The first-order valence-electron chi connectivity index (χ1n) is 7.02. The Kier molecular flexibility index (Phi) is 5.79. The number of carbonyl (C=O) groups excluding carboxylic acids is 1. The van der Waals surface area contributed by atoms with Crippen molar-refractivity contribution in [1.82, 2.24) is 5.32 Å². The molecule has 1 fully saturated rings. The molecular weight excluding hydrogens is 246 g/mol.